The lowest BCUT2D eigenvalue weighted by Gasteiger charge is -2.22. The minimum atomic E-state index is -0.898. The fourth-order valence-electron chi connectivity index (χ4n) is 1.81. The van der Waals surface area contributed by atoms with Gasteiger partial charge in [-0.15, -0.1) is 0 Å². The minimum Gasteiger partial charge on any atom is -0.465 e. The summed E-state index contributed by atoms with van der Waals surface area (Å²) < 4.78 is 4.83. The van der Waals surface area contributed by atoms with E-state index in [0.717, 1.165) is 0 Å². The first-order chi connectivity index (χ1) is 9.63. The van der Waals surface area contributed by atoms with Gasteiger partial charge in [-0.1, -0.05) is 30.3 Å². The van der Waals surface area contributed by atoms with Gasteiger partial charge in [0, 0.05) is 6.54 Å². The van der Waals surface area contributed by atoms with Gasteiger partial charge in [-0.25, -0.2) is 0 Å². The van der Waals surface area contributed by atoms with Gasteiger partial charge in [-0.3, -0.25) is 9.59 Å². The van der Waals surface area contributed by atoms with Crippen molar-refractivity contribution in [1.82, 2.24) is 4.90 Å². The molecule has 5 nitrogen and oxygen atoms in total. The van der Waals surface area contributed by atoms with Gasteiger partial charge in [0.25, 0.3) is 0 Å². The molecular formula is C15H18N2O3. The first kappa shape index (κ1) is 15.7. The molecule has 0 heterocycles. The largest absolute Gasteiger partial charge is 0.465 e. The van der Waals surface area contributed by atoms with Gasteiger partial charge in [-0.2, -0.15) is 5.26 Å². The minimum absolute atomic E-state index is 0.131. The van der Waals surface area contributed by atoms with Crippen molar-refractivity contribution in [3.8, 4) is 6.07 Å². The van der Waals surface area contributed by atoms with Gasteiger partial charge in [0.15, 0.2) is 0 Å². The molecule has 0 aliphatic carbocycles. The number of nitriles is 1. The molecule has 0 radical (unpaired) electrons. The molecule has 0 aliphatic heterocycles. The van der Waals surface area contributed by atoms with E-state index in [1.807, 2.05) is 12.1 Å². The number of nitrogens with zero attached hydrogens (tertiary/aromatic N) is 2. The smallest absolute Gasteiger partial charge is 0.325 e. The van der Waals surface area contributed by atoms with Crippen LogP contribution in [-0.4, -0.2) is 36.5 Å². The number of esters is 1. The van der Waals surface area contributed by atoms with Crippen LogP contribution in [0.25, 0.3) is 0 Å². The standard InChI is InChI=1S/C15H18N2O3/c1-3-17(11-14(18)20-4-2)15(19)13(10-16)12-8-6-5-7-9-12/h5-9,13H,3-4,11H2,1-2H3. The fourth-order valence-corrected chi connectivity index (χ4v) is 1.81. The maximum atomic E-state index is 12.3. The molecular weight excluding hydrogens is 256 g/mol. The Bertz CT molecular complexity index is 494. The van der Waals surface area contributed by atoms with E-state index >= 15 is 0 Å². The van der Waals surface area contributed by atoms with E-state index in [9.17, 15) is 14.9 Å². The summed E-state index contributed by atoms with van der Waals surface area (Å²) in [5, 5.41) is 9.22. The number of hydrogen-bond donors (Lipinski definition) is 0. The van der Waals surface area contributed by atoms with Crippen LogP contribution < -0.4 is 0 Å². The monoisotopic (exact) mass is 274 g/mol. The molecule has 1 aromatic carbocycles. The molecule has 0 aromatic heterocycles. The molecule has 106 valence electrons. The molecule has 1 amide bonds. The number of rotatable bonds is 6. The Morgan fingerprint density at radius 1 is 1.30 bits per heavy atom. The maximum Gasteiger partial charge on any atom is 0.325 e. The van der Waals surface area contributed by atoms with Crippen molar-refractivity contribution in [3.05, 3.63) is 35.9 Å². The zero-order chi connectivity index (χ0) is 15.0. The summed E-state index contributed by atoms with van der Waals surface area (Å²) in [6, 6.07) is 10.8. The molecule has 5 heteroatoms. The van der Waals surface area contributed by atoms with E-state index in [-0.39, 0.29) is 19.1 Å². The van der Waals surface area contributed by atoms with Crippen molar-refractivity contribution in [2.24, 2.45) is 0 Å². The normalized spacial score (nSPS) is 11.2. The molecule has 0 saturated carbocycles. The van der Waals surface area contributed by atoms with E-state index in [1.54, 1.807) is 38.1 Å². The number of carbonyl (C=O) groups excluding carboxylic acids is 2. The number of ether oxygens (including phenoxy) is 1. The molecule has 0 bridgehead atoms. The van der Waals surface area contributed by atoms with Gasteiger partial charge >= 0.3 is 5.97 Å². The summed E-state index contributed by atoms with van der Waals surface area (Å²) in [6.45, 7) is 3.95. The molecule has 1 atom stereocenters. The van der Waals surface area contributed by atoms with E-state index in [2.05, 4.69) is 0 Å². The summed E-state index contributed by atoms with van der Waals surface area (Å²) >= 11 is 0. The molecule has 0 N–H and O–H groups in total. The topological polar surface area (TPSA) is 70.4 Å². The lowest BCUT2D eigenvalue weighted by Crippen LogP contribution is -2.39. The second kappa shape index (κ2) is 7.95. The average Bonchev–Trinajstić information content (AvgIpc) is 2.47. The van der Waals surface area contributed by atoms with E-state index in [4.69, 9.17) is 4.74 Å². The van der Waals surface area contributed by atoms with Gasteiger partial charge < -0.3 is 9.64 Å². The molecule has 20 heavy (non-hydrogen) atoms. The van der Waals surface area contributed by atoms with Crippen LogP contribution in [-0.2, 0) is 14.3 Å². The van der Waals surface area contributed by atoms with Gasteiger partial charge in [0.2, 0.25) is 5.91 Å². The molecule has 0 spiro atoms. The van der Waals surface area contributed by atoms with Crippen LogP contribution in [0.2, 0.25) is 0 Å². The third-order valence-electron chi connectivity index (χ3n) is 2.83. The summed E-state index contributed by atoms with van der Waals surface area (Å²) in [7, 11) is 0. The third kappa shape index (κ3) is 4.09. The van der Waals surface area contributed by atoms with Crippen LogP contribution in [0.1, 0.15) is 25.3 Å². The van der Waals surface area contributed by atoms with E-state index in [0.29, 0.717) is 12.1 Å². The van der Waals surface area contributed by atoms with Crippen LogP contribution >= 0.6 is 0 Å². The summed E-state index contributed by atoms with van der Waals surface area (Å²) in [4.78, 5) is 25.1. The second-order valence-corrected chi connectivity index (χ2v) is 4.13. The van der Waals surface area contributed by atoms with Gasteiger partial charge in [0.05, 0.1) is 12.7 Å². The Labute approximate surface area is 118 Å². The first-order valence-corrected chi connectivity index (χ1v) is 6.53. The van der Waals surface area contributed by atoms with Crippen LogP contribution in [0.15, 0.2) is 30.3 Å². The first-order valence-electron chi connectivity index (χ1n) is 6.53. The van der Waals surface area contributed by atoms with Crippen LogP contribution in [0.5, 0.6) is 0 Å². The van der Waals surface area contributed by atoms with Crippen molar-refractivity contribution in [2.75, 3.05) is 19.7 Å². The molecule has 0 fully saturated rings. The van der Waals surface area contributed by atoms with Gasteiger partial charge in [0.1, 0.15) is 12.5 Å². The number of hydrogen-bond acceptors (Lipinski definition) is 4. The van der Waals surface area contributed by atoms with Crippen LogP contribution in [0, 0.1) is 11.3 Å². The Kier molecular flexibility index (Phi) is 6.24. The zero-order valence-electron chi connectivity index (χ0n) is 11.7. The average molecular weight is 274 g/mol. The SMILES string of the molecule is CCOC(=O)CN(CC)C(=O)C(C#N)c1ccccc1. The Hall–Kier alpha value is -2.35. The highest BCUT2D eigenvalue weighted by molar-refractivity contribution is 5.89. The maximum absolute atomic E-state index is 12.3. The summed E-state index contributed by atoms with van der Waals surface area (Å²) in [6.07, 6.45) is 0. The highest BCUT2D eigenvalue weighted by atomic mass is 16.5. The van der Waals surface area contributed by atoms with E-state index < -0.39 is 11.9 Å². The quantitative estimate of drug-likeness (QED) is 0.740. The molecule has 0 aliphatic rings. The Morgan fingerprint density at radius 2 is 1.95 bits per heavy atom. The number of amides is 1. The summed E-state index contributed by atoms with van der Waals surface area (Å²) in [5.41, 5.74) is 0.627. The highest BCUT2D eigenvalue weighted by Crippen LogP contribution is 2.17. The van der Waals surface area contributed by atoms with Crippen molar-refractivity contribution in [1.29, 1.82) is 5.26 Å². The molecule has 1 rings (SSSR count). The Balaban J connectivity index is 2.84. The van der Waals surface area contributed by atoms with Crippen molar-refractivity contribution in [2.45, 2.75) is 19.8 Å². The molecule has 0 saturated heterocycles. The van der Waals surface area contributed by atoms with Crippen LogP contribution in [0.3, 0.4) is 0 Å². The number of benzene rings is 1. The van der Waals surface area contributed by atoms with Crippen molar-refractivity contribution in [3.63, 3.8) is 0 Å². The zero-order valence-corrected chi connectivity index (χ0v) is 11.7. The van der Waals surface area contributed by atoms with Gasteiger partial charge in [-0.05, 0) is 19.4 Å². The lowest BCUT2D eigenvalue weighted by molar-refractivity contribution is -0.148. The molecule has 1 unspecified atom stereocenters. The number of carbonyl (C=O) groups is 2. The predicted molar refractivity (Wildman–Crippen MR) is 73.7 cm³/mol. The lowest BCUT2D eigenvalue weighted by atomic mass is 9.99. The predicted octanol–water partition coefficient (Wildman–Crippen LogP) is 1.71. The second-order valence-electron chi connectivity index (χ2n) is 4.13. The highest BCUT2D eigenvalue weighted by Gasteiger charge is 2.26. The fraction of sp³-hybridized carbons (Fsp3) is 0.400. The van der Waals surface area contributed by atoms with Crippen molar-refractivity contribution >= 4 is 11.9 Å². The van der Waals surface area contributed by atoms with E-state index in [1.165, 1.54) is 4.90 Å². The summed E-state index contributed by atoms with van der Waals surface area (Å²) in [5.74, 6) is -1.74. The van der Waals surface area contributed by atoms with Crippen LogP contribution in [0.4, 0.5) is 0 Å². The molecule has 1 aromatic rings. The number of likely N-dealkylation sites (N-methyl/N-ethyl adjacent to an activating group) is 1. The third-order valence-corrected chi connectivity index (χ3v) is 2.83. The Morgan fingerprint density at radius 3 is 2.45 bits per heavy atom. The van der Waals surface area contributed by atoms with Crippen molar-refractivity contribution < 1.29 is 14.3 Å².